The minimum Gasteiger partial charge on any atom is -0.484 e. The van der Waals surface area contributed by atoms with E-state index in [1.165, 1.54) is 23.5 Å². The van der Waals surface area contributed by atoms with Gasteiger partial charge in [-0.05, 0) is 48.5 Å². The van der Waals surface area contributed by atoms with Gasteiger partial charge in [-0.2, -0.15) is 0 Å². The van der Waals surface area contributed by atoms with Gasteiger partial charge in [-0.25, -0.2) is 0 Å². The topological polar surface area (TPSA) is 66.8 Å². The Morgan fingerprint density at radius 1 is 1.12 bits per heavy atom. The molecule has 2 heterocycles. The molecule has 0 aromatic heterocycles. The Hall–Kier alpha value is -1.34. The standard InChI is InChI=1S/C18H23NO4S2/c20-16(19-8-6-13(7-9-19)17(21)22)12-23-15-4-2-14(3-5-15)18-24-10-1-11-25-18/h2-5,13,18H,1,6-12H2,(H,21,22). The predicted molar refractivity (Wildman–Crippen MR) is 101 cm³/mol. The number of hydrogen-bond donors (Lipinski definition) is 1. The number of nitrogens with zero attached hydrogens (tertiary/aromatic N) is 1. The van der Waals surface area contributed by atoms with Gasteiger partial charge in [-0.3, -0.25) is 9.59 Å². The lowest BCUT2D eigenvalue weighted by molar-refractivity contribution is -0.146. The molecule has 1 aromatic rings. The number of hydrogen-bond acceptors (Lipinski definition) is 5. The maximum atomic E-state index is 12.2. The van der Waals surface area contributed by atoms with E-state index >= 15 is 0 Å². The molecule has 0 radical (unpaired) electrons. The van der Waals surface area contributed by atoms with Crippen molar-refractivity contribution in [2.24, 2.45) is 5.92 Å². The first-order valence-electron chi connectivity index (χ1n) is 8.60. The highest BCUT2D eigenvalue weighted by atomic mass is 32.2. The first-order valence-corrected chi connectivity index (χ1v) is 10.7. The van der Waals surface area contributed by atoms with Gasteiger partial charge in [0.1, 0.15) is 5.75 Å². The highest BCUT2D eigenvalue weighted by molar-refractivity contribution is 8.16. The molecule has 0 atom stereocenters. The molecule has 136 valence electrons. The van der Waals surface area contributed by atoms with Gasteiger partial charge in [0.2, 0.25) is 0 Å². The average molecular weight is 382 g/mol. The van der Waals surface area contributed by atoms with Crippen LogP contribution in [0.4, 0.5) is 0 Å². The Labute approximate surface area is 156 Å². The molecule has 0 aliphatic carbocycles. The van der Waals surface area contributed by atoms with Gasteiger partial charge in [0.15, 0.2) is 6.61 Å². The fourth-order valence-corrected chi connectivity index (χ4v) is 5.91. The quantitative estimate of drug-likeness (QED) is 0.844. The van der Waals surface area contributed by atoms with E-state index in [0.29, 0.717) is 36.3 Å². The number of benzene rings is 1. The van der Waals surface area contributed by atoms with E-state index in [0.717, 1.165) is 0 Å². The molecule has 2 aliphatic rings. The predicted octanol–water partition coefficient (Wildman–Crippen LogP) is 3.26. The van der Waals surface area contributed by atoms with E-state index in [1.54, 1.807) is 4.90 Å². The molecule has 25 heavy (non-hydrogen) atoms. The van der Waals surface area contributed by atoms with Crippen LogP contribution in [0, 0.1) is 5.92 Å². The molecule has 2 fully saturated rings. The molecule has 3 rings (SSSR count). The number of carboxylic acid groups (broad SMARTS) is 1. The first kappa shape index (κ1) is 18.5. The number of carbonyl (C=O) groups excluding carboxylic acids is 1. The number of carboxylic acids is 1. The first-order chi connectivity index (χ1) is 12.1. The molecular formula is C18H23NO4S2. The highest BCUT2D eigenvalue weighted by Crippen LogP contribution is 2.43. The molecule has 5 nitrogen and oxygen atoms in total. The van der Waals surface area contributed by atoms with Crippen LogP contribution in [-0.4, -0.2) is 53.1 Å². The number of rotatable bonds is 5. The second kappa shape index (κ2) is 8.85. The monoisotopic (exact) mass is 381 g/mol. The van der Waals surface area contributed by atoms with Crippen LogP contribution >= 0.6 is 23.5 Å². The summed E-state index contributed by atoms with van der Waals surface area (Å²) in [6.07, 6.45) is 2.32. The zero-order valence-corrected chi connectivity index (χ0v) is 15.7. The zero-order valence-electron chi connectivity index (χ0n) is 14.1. The summed E-state index contributed by atoms with van der Waals surface area (Å²) >= 11 is 3.96. The SMILES string of the molecule is O=C(O)C1CCN(C(=O)COc2ccc(C3SCCCS3)cc2)CC1. The molecule has 7 heteroatoms. The number of piperidine rings is 1. The summed E-state index contributed by atoms with van der Waals surface area (Å²) in [5.74, 6) is 1.95. The molecule has 0 spiro atoms. The van der Waals surface area contributed by atoms with Crippen LogP contribution in [0.15, 0.2) is 24.3 Å². The van der Waals surface area contributed by atoms with Gasteiger partial charge < -0.3 is 14.7 Å². The molecule has 1 aromatic carbocycles. The van der Waals surface area contributed by atoms with Crippen LogP contribution in [0.5, 0.6) is 5.75 Å². The van der Waals surface area contributed by atoms with Crippen LogP contribution in [0.25, 0.3) is 0 Å². The van der Waals surface area contributed by atoms with Crippen molar-refractivity contribution in [1.82, 2.24) is 4.90 Å². The Morgan fingerprint density at radius 2 is 1.76 bits per heavy atom. The van der Waals surface area contributed by atoms with Crippen LogP contribution in [-0.2, 0) is 9.59 Å². The molecule has 2 saturated heterocycles. The van der Waals surface area contributed by atoms with Crippen molar-refractivity contribution >= 4 is 35.4 Å². The Morgan fingerprint density at radius 3 is 2.36 bits per heavy atom. The van der Waals surface area contributed by atoms with Crippen molar-refractivity contribution in [3.63, 3.8) is 0 Å². The number of thioether (sulfide) groups is 2. The molecule has 1 N–H and O–H groups in total. The smallest absolute Gasteiger partial charge is 0.306 e. The second-order valence-corrected chi connectivity index (χ2v) is 9.00. The normalized spacial score (nSPS) is 19.6. The zero-order chi connectivity index (χ0) is 17.6. The van der Waals surface area contributed by atoms with Gasteiger partial charge in [0.05, 0.1) is 10.5 Å². The summed E-state index contributed by atoms with van der Waals surface area (Å²) in [5.41, 5.74) is 1.30. The van der Waals surface area contributed by atoms with Crippen molar-refractivity contribution in [3.05, 3.63) is 29.8 Å². The lowest BCUT2D eigenvalue weighted by Gasteiger charge is -2.30. The second-order valence-electron chi connectivity index (χ2n) is 6.28. The summed E-state index contributed by atoms with van der Waals surface area (Å²) in [6.45, 7) is 0.993. The number of carbonyl (C=O) groups is 2. The van der Waals surface area contributed by atoms with Crippen molar-refractivity contribution in [2.45, 2.75) is 23.8 Å². The number of aliphatic carboxylic acids is 1. The van der Waals surface area contributed by atoms with Crippen molar-refractivity contribution in [2.75, 3.05) is 31.2 Å². The summed E-state index contributed by atoms with van der Waals surface area (Å²) in [6, 6.07) is 8.01. The fraction of sp³-hybridized carbons (Fsp3) is 0.556. The third-order valence-electron chi connectivity index (χ3n) is 4.54. The molecule has 1 amide bonds. The summed E-state index contributed by atoms with van der Waals surface area (Å²) in [5, 5.41) is 9.00. The van der Waals surface area contributed by atoms with Crippen LogP contribution < -0.4 is 4.74 Å². The Bertz CT molecular complexity index is 594. The molecular weight excluding hydrogens is 358 g/mol. The largest absolute Gasteiger partial charge is 0.484 e. The maximum absolute atomic E-state index is 12.2. The lowest BCUT2D eigenvalue weighted by atomic mass is 9.97. The van der Waals surface area contributed by atoms with E-state index in [-0.39, 0.29) is 18.4 Å². The lowest BCUT2D eigenvalue weighted by Crippen LogP contribution is -2.42. The van der Waals surface area contributed by atoms with E-state index in [1.807, 2.05) is 35.7 Å². The molecule has 2 aliphatic heterocycles. The van der Waals surface area contributed by atoms with Crippen LogP contribution in [0.2, 0.25) is 0 Å². The van der Waals surface area contributed by atoms with E-state index in [9.17, 15) is 9.59 Å². The van der Waals surface area contributed by atoms with E-state index in [4.69, 9.17) is 9.84 Å². The summed E-state index contributed by atoms with van der Waals surface area (Å²) in [7, 11) is 0. The minimum absolute atomic E-state index is 0.00398. The van der Waals surface area contributed by atoms with Crippen molar-refractivity contribution < 1.29 is 19.4 Å². The molecule has 0 unspecified atom stereocenters. The fourth-order valence-electron chi connectivity index (χ4n) is 3.01. The average Bonchev–Trinajstić information content (AvgIpc) is 2.67. The van der Waals surface area contributed by atoms with E-state index < -0.39 is 5.97 Å². The third-order valence-corrected chi connectivity index (χ3v) is 7.55. The highest BCUT2D eigenvalue weighted by Gasteiger charge is 2.27. The molecule has 0 bridgehead atoms. The third kappa shape index (κ3) is 5.07. The number of ether oxygens (including phenoxy) is 1. The number of likely N-dealkylation sites (tertiary alicyclic amines) is 1. The van der Waals surface area contributed by atoms with Crippen molar-refractivity contribution in [3.8, 4) is 5.75 Å². The molecule has 0 saturated carbocycles. The Balaban J connectivity index is 1.45. The van der Waals surface area contributed by atoms with Crippen LogP contribution in [0.3, 0.4) is 0 Å². The summed E-state index contributed by atoms with van der Waals surface area (Å²) in [4.78, 5) is 24.9. The van der Waals surface area contributed by atoms with Gasteiger partial charge in [-0.1, -0.05) is 12.1 Å². The van der Waals surface area contributed by atoms with Gasteiger partial charge >= 0.3 is 5.97 Å². The minimum atomic E-state index is -0.766. The van der Waals surface area contributed by atoms with Gasteiger partial charge in [0, 0.05) is 13.1 Å². The van der Waals surface area contributed by atoms with Gasteiger partial charge in [-0.15, -0.1) is 23.5 Å². The maximum Gasteiger partial charge on any atom is 0.306 e. The number of amides is 1. The van der Waals surface area contributed by atoms with Gasteiger partial charge in [0.25, 0.3) is 5.91 Å². The summed E-state index contributed by atoms with van der Waals surface area (Å²) < 4.78 is 6.12. The van der Waals surface area contributed by atoms with E-state index in [2.05, 4.69) is 12.1 Å². The van der Waals surface area contributed by atoms with Crippen LogP contribution in [0.1, 0.15) is 29.4 Å². The Kier molecular flexibility index (Phi) is 6.53. The van der Waals surface area contributed by atoms with Crippen molar-refractivity contribution in [1.29, 1.82) is 0 Å².